The Hall–Kier alpha value is -0.870. The number of aryl methyl sites for hydroxylation is 1. The number of fused-ring (bicyclic) bond motifs is 1. The SMILES string of the molecule is Cn1c(=O)c(Br)cc2c(Cl)nccc21. The Morgan fingerprint density at radius 2 is 2.29 bits per heavy atom. The van der Waals surface area contributed by atoms with Crippen molar-refractivity contribution in [3.63, 3.8) is 0 Å². The molecule has 3 nitrogen and oxygen atoms in total. The van der Waals surface area contributed by atoms with Crippen molar-refractivity contribution in [3.05, 3.63) is 38.3 Å². The third kappa shape index (κ3) is 1.35. The molecular formula is C9H6BrClN2O. The number of hydrogen-bond donors (Lipinski definition) is 0. The van der Waals surface area contributed by atoms with Crippen molar-refractivity contribution in [3.8, 4) is 0 Å². The predicted octanol–water partition coefficient (Wildman–Crippen LogP) is 2.35. The van der Waals surface area contributed by atoms with Gasteiger partial charge in [0, 0.05) is 18.6 Å². The van der Waals surface area contributed by atoms with Gasteiger partial charge in [0.05, 0.1) is 9.99 Å². The highest BCUT2D eigenvalue weighted by atomic mass is 79.9. The van der Waals surface area contributed by atoms with Crippen molar-refractivity contribution < 1.29 is 0 Å². The van der Waals surface area contributed by atoms with E-state index < -0.39 is 0 Å². The Labute approximate surface area is 93.5 Å². The number of nitrogens with zero attached hydrogens (tertiary/aromatic N) is 2. The molecule has 0 spiro atoms. The van der Waals surface area contributed by atoms with Crippen molar-refractivity contribution in [2.45, 2.75) is 0 Å². The first-order valence-electron chi connectivity index (χ1n) is 3.91. The summed E-state index contributed by atoms with van der Waals surface area (Å²) in [6.07, 6.45) is 1.58. The molecule has 5 heteroatoms. The fourth-order valence-electron chi connectivity index (χ4n) is 1.32. The molecule has 0 bridgehead atoms. The summed E-state index contributed by atoms with van der Waals surface area (Å²) in [7, 11) is 1.70. The summed E-state index contributed by atoms with van der Waals surface area (Å²) >= 11 is 9.09. The zero-order valence-corrected chi connectivity index (χ0v) is 9.63. The number of hydrogen-bond acceptors (Lipinski definition) is 2. The van der Waals surface area contributed by atoms with Gasteiger partial charge >= 0.3 is 0 Å². The molecule has 0 aliphatic carbocycles. The van der Waals surface area contributed by atoms with Crippen LogP contribution in [0.2, 0.25) is 5.15 Å². The average Bonchev–Trinajstić information content (AvgIpc) is 2.17. The van der Waals surface area contributed by atoms with E-state index in [1.807, 2.05) is 0 Å². The van der Waals surface area contributed by atoms with Gasteiger partial charge in [0.2, 0.25) is 0 Å². The molecule has 0 fully saturated rings. The number of rotatable bonds is 0. The average molecular weight is 274 g/mol. The summed E-state index contributed by atoms with van der Waals surface area (Å²) in [6, 6.07) is 3.45. The molecule has 0 aliphatic rings. The second-order valence-electron chi connectivity index (χ2n) is 2.89. The Morgan fingerprint density at radius 3 is 3.00 bits per heavy atom. The highest BCUT2D eigenvalue weighted by Crippen LogP contribution is 2.21. The standard InChI is InChI=1S/C9H6BrClN2O/c1-13-7-2-3-12-8(11)5(7)4-6(10)9(13)14/h2-4H,1H3. The minimum atomic E-state index is -0.0835. The number of halogens is 2. The summed E-state index contributed by atoms with van der Waals surface area (Å²) in [5, 5.41) is 1.17. The van der Waals surface area contributed by atoms with Crippen molar-refractivity contribution in [1.29, 1.82) is 0 Å². The zero-order chi connectivity index (χ0) is 10.3. The van der Waals surface area contributed by atoms with E-state index in [0.717, 1.165) is 10.9 Å². The minimum Gasteiger partial charge on any atom is -0.310 e. The molecule has 2 heterocycles. The molecule has 2 rings (SSSR count). The molecule has 0 radical (unpaired) electrons. The molecule has 0 aliphatic heterocycles. The molecule has 0 atom stereocenters. The predicted molar refractivity (Wildman–Crippen MR) is 59.7 cm³/mol. The molecule has 2 aromatic heterocycles. The molecule has 0 amide bonds. The molecule has 0 saturated heterocycles. The van der Waals surface area contributed by atoms with E-state index >= 15 is 0 Å². The van der Waals surface area contributed by atoms with E-state index in [0.29, 0.717) is 9.63 Å². The first-order valence-corrected chi connectivity index (χ1v) is 5.08. The van der Waals surface area contributed by atoms with Gasteiger partial charge in [0.1, 0.15) is 5.15 Å². The summed E-state index contributed by atoms with van der Waals surface area (Å²) < 4.78 is 2.02. The van der Waals surface area contributed by atoms with E-state index in [1.54, 1.807) is 25.4 Å². The van der Waals surface area contributed by atoms with Crippen LogP contribution >= 0.6 is 27.5 Å². The maximum Gasteiger partial charge on any atom is 0.265 e. The van der Waals surface area contributed by atoms with Gasteiger partial charge < -0.3 is 4.57 Å². The van der Waals surface area contributed by atoms with Gasteiger partial charge in [-0.1, -0.05) is 11.6 Å². The second kappa shape index (κ2) is 3.37. The largest absolute Gasteiger partial charge is 0.310 e. The van der Waals surface area contributed by atoms with Gasteiger partial charge in [-0.15, -0.1) is 0 Å². The fourth-order valence-corrected chi connectivity index (χ4v) is 2.02. The molecule has 0 N–H and O–H groups in total. The molecular weight excluding hydrogens is 267 g/mol. The van der Waals surface area contributed by atoms with Crippen molar-refractivity contribution in [1.82, 2.24) is 9.55 Å². The first-order chi connectivity index (χ1) is 6.61. The third-order valence-electron chi connectivity index (χ3n) is 2.06. The van der Waals surface area contributed by atoms with Gasteiger partial charge in [0.15, 0.2) is 0 Å². The van der Waals surface area contributed by atoms with Crippen LogP contribution in [0.1, 0.15) is 0 Å². The third-order valence-corrected chi connectivity index (χ3v) is 2.93. The first kappa shape index (κ1) is 9.68. The van der Waals surface area contributed by atoms with Crippen LogP contribution in [0, 0.1) is 0 Å². The van der Waals surface area contributed by atoms with Crippen LogP contribution in [0.15, 0.2) is 27.6 Å². The molecule has 2 aromatic rings. The van der Waals surface area contributed by atoms with E-state index in [9.17, 15) is 4.79 Å². The lowest BCUT2D eigenvalue weighted by Crippen LogP contribution is -2.17. The van der Waals surface area contributed by atoms with Crippen molar-refractivity contribution in [2.75, 3.05) is 0 Å². The minimum absolute atomic E-state index is 0.0835. The lowest BCUT2D eigenvalue weighted by Gasteiger charge is -2.05. The quantitative estimate of drug-likeness (QED) is 0.691. The van der Waals surface area contributed by atoms with Gasteiger partial charge in [-0.3, -0.25) is 4.79 Å². The normalized spacial score (nSPS) is 10.8. The van der Waals surface area contributed by atoms with Crippen molar-refractivity contribution in [2.24, 2.45) is 7.05 Å². The Bertz CT molecular complexity index is 564. The van der Waals surface area contributed by atoms with Gasteiger partial charge in [-0.2, -0.15) is 0 Å². The molecule has 0 saturated carbocycles. The summed E-state index contributed by atoms with van der Waals surface area (Å²) in [5.41, 5.74) is 0.693. The zero-order valence-electron chi connectivity index (χ0n) is 7.29. The van der Waals surface area contributed by atoms with Crippen LogP contribution < -0.4 is 5.56 Å². The summed E-state index contributed by atoms with van der Waals surface area (Å²) in [4.78, 5) is 15.5. The number of pyridine rings is 2. The van der Waals surface area contributed by atoms with Crippen LogP contribution in [-0.2, 0) is 7.05 Å². The lowest BCUT2D eigenvalue weighted by atomic mass is 10.2. The van der Waals surface area contributed by atoms with Crippen molar-refractivity contribution >= 4 is 38.4 Å². The number of aromatic nitrogens is 2. The topological polar surface area (TPSA) is 34.9 Å². The molecule has 0 aromatic carbocycles. The molecule has 72 valence electrons. The van der Waals surface area contributed by atoms with Gasteiger partial charge in [0.25, 0.3) is 5.56 Å². The maximum atomic E-state index is 11.5. The van der Waals surface area contributed by atoms with Crippen LogP contribution in [0.3, 0.4) is 0 Å². The lowest BCUT2D eigenvalue weighted by molar-refractivity contribution is 0.898. The van der Waals surface area contributed by atoms with E-state index in [-0.39, 0.29) is 5.56 Å². The Morgan fingerprint density at radius 1 is 1.57 bits per heavy atom. The van der Waals surface area contributed by atoms with Crippen LogP contribution in [-0.4, -0.2) is 9.55 Å². The fraction of sp³-hybridized carbons (Fsp3) is 0.111. The smallest absolute Gasteiger partial charge is 0.265 e. The molecule has 14 heavy (non-hydrogen) atoms. The maximum absolute atomic E-state index is 11.5. The van der Waals surface area contributed by atoms with Crippen LogP contribution in [0.25, 0.3) is 10.9 Å². The van der Waals surface area contributed by atoms with E-state index in [2.05, 4.69) is 20.9 Å². The summed E-state index contributed by atoms with van der Waals surface area (Å²) in [5.74, 6) is 0. The highest BCUT2D eigenvalue weighted by Gasteiger charge is 2.06. The Balaban J connectivity index is 3.06. The van der Waals surface area contributed by atoms with Crippen LogP contribution in [0.4, 0.5) is 0 Å². The van der Waals surface area contributed by atoms with Crippen LogP contribution in [0.5, 0.6) is 0 Å². The monoisotopic (exact) mass is 272 g/mol. The summed E-state index contributed by atoms with van der Waals surface area (Å²) in [6.45, 7) is 0. The second-order valence-corrected chi connectivity index (χ2v) is 4.10. The van der Waals surface area contributed by atoms with E-state index in [1.165, 1.54) is 4.57 Å². The highest BCUT2D eigenvalue weighted by molar-refractivity contribution is 9.10. The van der Waals surface area contributed by atoms with E-state index in [4.69, 9.17) is 11.6 Å². The van der Waals surface area contributed by atoms with Gasteiger partial charge in [-0.05, 0) is 28.1 Å². The molecule has 0 unspecified atom stereocenters. The van der Waals surface area contributed by atoms with Gasteiger partial charge in [-0.25, -0.2) is 4.98 Å². The Kier molecular flexibility index (Phi) is 2.33.